The third kappa shape index (κ3) is 1.11. The Morgan fingerprint density at radius 3 is 3.00 bits per heavy atom. The van der Waals surface area contributed by atoms with Crippen molar-refractivity contribution in [3.8, 4) is 0 Å². The molecule has 0 bridgehead atoms. The highest BCUT2D eigenvalue weighted by molar-refractivity contribution is 5.88. The summed E-state index contributed by atoms with van der Waals surface area (Å²) < 4.78 is 2.37. The fraction of sp³-hybridized carbons (Fsp3) is 0.429. The van der Waals surface area contributed by atoms with Gasteiger partial charge in [0.15, 0.2) is 0 Å². The van der Waals surface area contributed by atoms with Crippen molar-refractivity contribution in [2.75, 3.05) is 6.54 Å². The van der Waals surface area contributed by atoms with Crippen LogP contribution in [-0.2, 0) is 13.5 Å². The Morgan fingerprint density at radius 2 is 2.25 bits per heavy atom. The minimum absolute atomic E-state index is 0.562. The van der Waals surface area contributed by atoms with E-state index in [1.54, 1.807) is 0 Å². The van der Waals surface area contributed by atoms with Crippen molar-refractivity contribution in [3.63, 3.8) is 0 Å². The van der Waals surface area contributed by atoms with Crippen molar-refractivity contribution in [2.24, 2.45) is 12.8 Å². The minimum atomic E-state index is 0.562. The Labute approximate surface area is 96.1 Å². The third-order valence-electron chi connectivity index (χ3n) is 3.98. The van der Waals surface area contributed by atoms with Crippen molar-refractivity contribution in [2.45, 2.75) is 25.7 Å². The second-order valence-corrected chi connectivity index (χ2v) is 4.87. The molecule has 1 aromatic heterocycles. The van der Waals surface area contributed by atoms with E-state index in [9.17, 15) is 0 Å². The number of benzene rings is 1. The van der Waals surface area contributed by atoms with Gasteiger partial charge in [0.05, 0.1) is 5.52 Å². The molecule has 0 saturated heterocycles. The Bertz CT molecular complexity index is 551. The zero-order valence-corrected chi connectivity index (χ0v) is 9.96. The predicted octanol–water partition coefficient (Wildman–Crippen LogP) is 2.48. The summed E-state index contributed by atoms with van der Waals surface area (Å²) in [7, 11) is 2.18. The van der Waals surface area contributed by atoms with Crippen LogP contribution < -0.4 is 5.73 Å². The molecule has 2 aromatic rings. The fourth-order valence-electron chi connectivity index (χ4n) is 3.28. The van der Waals surface area contributed by atoms with Gasteiger partial charge in [0, 0.05) is 30.6 Å². The molecular formula is C14H18N2. The normalized spacial score (nSPS) is 19.3. The summed E-state index contributed by atoms with van der Waals surface area (Å²) in [4.78, 5) is 0. The maximum Gasteiger partial charge on any atom is 0.0512 e. The van der Waals surface area contributed by atoms with E-state index in [0.717, 1.165) is 6.54 Å². The molecule has 0 radical (unpaired) electrons. The van der Waals surface area contributed by atoms with Gasteiger partial charge in [-0.2, -0.15) is 0 Å². The zero-order chi connectivity index (χ0) is 11.3. The Hall–Kier alpha value is -1.28. The molecule has 0 spiro atoms. The number of fused-ring (bicyclic) bond motifs is 3. The first kappa shape index (κ1) is 9.91. The Balaban J connectivity index is 2.38. The van der Waals surface area contributed by atoms with Crippen LogP contribution in [0.1, 0.15) is 29.2 Å². The first-order chi connectivity index (χ1) is 7.74. The van der Waals surface area contributed by atoms with Gasteiger partial charge >= 0.3 is 0 Å². The average molecular weight is 214 g/mol. The topological polar surface area (TPSA) is 30.9 Å². The van der Waals surface area contributed by atoms with Crippen molar-refractivity contribution in [1.29, 1.82) is 0 Å². The van der Waals surface area contributed by atoms with Gasteiger partial charge < -0.3 is 10.3 Å². The van der Waals surface area contributed by atoms with Crippen LogP contribution in [0.15, 0.2) is 18.2 Å². The highest BCUT2D eigenvalue weighted by Gasteiger charge is 2.27. The lowest BCUT2D eigenvalue weighted by molar-refractivity contribution is 0.648. The van der Waals surface area contributed by atoms with Crippen LogP contribution in [0.4, 0.5) is 0 Å². The molecule has 3 rings (SSSR count). The Kier molecular flexibility index (Phi) is 2.08. The second kappa shape index (κ2) is 3.36. The van der Waals surface area contributed by atoms with Crippen LogP contribution >= 0.6 is 0 Å². The highest BCUT2D eigenvalue weighted by Crippen LogP contribution is 2.39. The molecule has 2 nitrogen and oxygen atoms in total. The van der Waals surface area contributed by atoms with Gasteiger partial charge in [-0.25, -0.2) is 0 Å². The van der Waals surface area contributed by atoms with Crippen LogP contribution in [0.25, 0.3) is 10.9 Å². The molecule has 84 valence electrons. The van der Waals surface area contributed by atoms with E-state index in [2.05, 4.69) is 36.7 Å². The Morgan fingerprint density at radius 1 is 1.44 bits per heavy atom. The van der Waals surface area contributed by atoms with Crippen LogP contribution in [0.2, 0.25) is 0 Å². The summed E-state index contributed by atoms with van der Waals surface area (Å²) in [5, 5.41) is 1.44. The van der Waals surface area contributed by atoms with E-state index < -0.39 is 0 Å². The van der Waals surface area contributed by atoms with E-state index in [4.69, 9.17) is 5.73 Å². The van der Waals surface area contributed by atoms with Crippen LogP contribution in [0.3, 0.4) is 0 Å². The summed E-state index contributed by atoms with van der Waals surface area (Å²) in [6, 6.07) is 6.60. The number of nitrogens with zero attached hydrogens (tertiary/aromatic N) is 1. The molecule has 0 aliphatic heterocycles. The quantitative estimate of drug-likeness (QED) is 0.776. The van der Waals surface area contributed by atoms with E-state index in [1.807, 2.05) is 0 Å². The lowest BCUT2D eigenvalue weighted by Gasteiger charge is -2.11. The number of nitrogens with two attached hydrogens (primary N) is 1. The van der Waals surface area contributed by atoms with Crippen molar-refractivity contribution in [1.82, 2.24) is 4.57 Å². The number of aromatic nitrogens is 1. The van der Waals surface area contributed by atoms with Crippen molar-refractivity contribution in [3.05, 3.63) is 35.0 Å². The molecule has 0 saturated carbocycles. The molecule has 1 aliphatic rings. The standard InChI is InChI=1S/C14H18N2/c1-9-4-3-5-11-12-7-6-10(8-15)14(12)16(2)13(9)11/h3-5,10H,6-8,15H2,1-2H3. The van der Waals surface area contributed by atoms with Crippen LogP contribution in [0, 0.1) is 6.92 Å². The van der Waals surface area contributed by atoms with Gasteiger partial charge in [-0.3, -0.25) is 0 Å². The summed E-state index contributed by atoms with van der Waals surface area (Å²) in [5.41, 5.74) is 11.6. The molecule has 16 heavy (non-hydrogen) atoms. The zero-order valence-electron chi connectivity index (χ0n) is 9.96. The first-order valence-corrected chi connectivity index (χ1v) is 6.01. The number of aryl methyl sites for hydroxylation is 3. The number of rotatable bonds is 1. The van der Waals surface area contributed by atoms with Gasteiger partial charge in [0.25, 0.3) is 0 Å². The summed E-state index contributed by atoms with van der Waals surface area (Å²) >= 11 is 0. The van der Waals surface area contributed by atoms with Crippen LogP contribution in [0.5, 0.6) is 0 Å². The van der Waals surface area contributed by atoms with E-state index >= 15 is 0 Å². The molecule has 2 N–H and O–H groups in total. The van der Waals surface area contributed by atoms with Gasteiger partial charge in [0.2, 0.25) is 0 Å². The lowest BCUT2D eigenvalue weighted by atomic mass is 10.1. The largest absolute Gasteiger partial charge is 0.347 e. The molecule has 0 amide bonds. The summed E-state index contributed by atoms with van der Waals surface area (Å²) in [6.45, 7) is 2.96. The van der Waals surface area contributed by atoms with Crippen molar-refractivity contribution < 1.29 is 0 Å². The first-order valence-electron chi connectivity index (χ1n) is 6.01. The smallest absolute Gasteiger partial charge is 0.0512 e. The van der Waals surface area contributed by atoms with Gasteiger partial charge in [-0.15, -0.1) is 0 Å². The summed E-state index contributed by atoms with van der Waals surface area (Å²) in [6.07, 6.45) is 2.41. The molecule has 1 unspecified atom stereocenters. The van der Waals surface area contributed by atoms with Gasteiger partial charge in [-0.1, -0.05) is 18.2 Å². The van der Waals surface area contributed by atoms with Crippen molar-refractivity contribution >= 4 is 10.9 Å². The third-order valence-corrected chi connectivity index (χ3v) is 3.98. The SMILES string of the molecule is Cc1cccc2c3c(n(C)c12)C(CN)CC3. The van der Waals surface area contributed by atoms with E-state index in [0.29, 0.717) is 5.92 Å². The number of hydrogen-bond acceptors (Lipinski definition) is 1. The maximum atomic E-state index is 5.86. The maximum absolute atomic E-state index is 5.86. The van der Waals surface area contributed by atoms with E-state index in [-0.39, 0.29) is 0 Å². The molecule has 2 heteroatoms. The molecule has 1 atom stereocenters. The fourth-order valence-corrected chi connectivity index (χ4v) is 3.28. The average Bonchev–Trinajstić information content (AvgIpc) is 2.81. The monoisotopic (exact) mass is 214 g/mol. The molecule has 1 aliphatic carbocycles. The molecule has 1 aromatic carbocycles. The van der Waals surface area contributed by atoms with Gasteiger partial charge in [-0.05, 0) is 30.9 Å². The lowest BCUT2D eigenvalue weighted by Crippen LogP contribution is -2.12. The predicted molar refractivity (Wildman–Crippen MR) is 67.8 cm³/mol. The van der Waals surface area contributed by atoms with Crippen LogP contribution in [-0.4, -0.2) is 11.1 Å². The number of para-hydroxylation sites is 1. The summed E-state index contributed by atoms with van der Waals surface area (Å²) in [5.74, 6) is 0.562. The second-order valence-electron chi connectivity index (χ2n) is 4.87. The molecule has 0 fully saturated rings. The highest BCUT2D eigenvalue weighted by atomic mass is 15.0. The van der Waals surface area contributed by atoms with Gasteiger partial charge in [0.1, 0.15) is 0 Å². The number of hydrogen-bond donors (Lipinski definition) is 1. The molecular weight excluding hydrogens is 196 g/mol. The van der Waals surface area contributed by atoms with E-state index in [1.165, 1.54) is 40.6 Å². The molecule has 1 heterocycles. The minimum Gasteiger partial charge on any atom is -0.347 e.